The molecule has 3 amide bonds. The lowest BCUT2D eigenvalue weighted by atomic mass is 9.80. The molecule has 3 heterocycles. The Hall–Kier alpha value is -4.19. The SMILES string of the molecule is CC(C)(C)[C@H](NC(=O)c1cc2c(F)cccc2[nH]1)C(=O)N1C[C@]2(C[C@H]1C#N)C(=O)Nc1ccccc12. The van der Waals surface area contributed by atoms with Crippen molar-refractivity contribution in [1.82, 2.24) is 15.2 Å². The molecule has 9 heteroatoms. The van der Waals surface area contributed by atoms with Gasteiger partial charge in [-0.15, -0.1) is 0 Å². The molecule has 1 saturated heterocycles. The van der Waals surface area contributed by atoms with E-state index >= 15 is 0 Å². The van der Waals surface area contributed by atoms with Crippen LogP contribution in [0.25, 0.3) is 10.9 Å². The second-order valence-electron chi connectivity index (χ2n) is 10.6. The van der Waals surface area contributed by atoms with Gasteiger partial charge in [-0.25, -0.2) is 4.39 Å². The number of benzene rings is 2. The minimum absolute atomic E-state index is 0.0347. The van der Waals surface area contributed by atoms with E-state index < -0.39 is 40.5 Å². The van der Waals surface area contributed by atoms with Gasteiger partial charge in [-0.1, -0.05) is 45.0 Å². The van der Waals surface area contributed by atoms with Crippen molar-refractivity contribution in [2.45, 2.75) is 44.7 Å². The fourth-order valence-electron chi connectivity index (χ4n) is 5.25. The van der Waals surface area contributed by atoms with Gasteiger partial charge in [0, 0.05) is 29.6 Å². The Labute approximate surface area is 207 Å². The third kappa shape index (κ3) is 3.61. The number of hydrogen-bond donors (Lipinski definition) is 3. The second-order valence-corrected chi connectivity index (χ2v) is 10.6. The molecule has 0 radical (unpaired) electrons. The van der Waals surface area contributed by atoms with Gasteiger partial charge in [0.05, 0.1) is 11.5 Å². The normalized spacial score (nSPS) is 21.8. The molecule has 0 bridgehead atoms. The fourth-order valence-corrected chi connectivity index (χ4v) is 5.25. The molecule has 5 rings (SSSR count). The zero-order chi connectivity index (χ0) is 25.8. The first-order valence-corrected chi connectivity index (χ1v) is 11.7. The number of carbonyl (C=O) groups is 3. The maximum absolute atomic E-state index is 14.1. The van der Waals surface area contributed by atoms with Crippen LogP contribution < -0.4 is 10.6 Å². The van der Waals surface area contributed by atoms with Crippen LogP contribution in [0.2, 0.25) is 0 Å². The smallest absolute Gasteiger partial charge is 0.268 e. The van der Waals surface area contributed by atoms with E-state index in [2.05, 4.69) is 21.7 Å². The molecule has 1 spiro atoms. The van der Waals surface area contributed by atoms with Crippen LogP contribution in [-0.4, -0.2) is 46.2 Å². The van der Waals surface area contributed by atoms with Crippen molar-refractivity contribution in [1.29, 1.82) is 5.26 Å². The average Bonchev–Trinajstić information content (AvgIpc) is 3.52. The summed E-state index contributed by atoms with van der Waals surface area (Å²) < 4.78 is 14.1. The van der Waals surface area contributed by atoms with Crippen molar-refractivity contribution < 1.29 is 18.8 Å². The quantitative estimate of drug-likeness (QED) is 0.524. The maximum Gasteiger partial charge on any atom is 0.268 e. The van der Waals surface area contributed by atoms with Crippen LogP contribution >= 0.6 is 0 Å². The van der Waals surface area contributed by atoms with E-state index in [0.29, 0.717) is 11.2 Å². The molecule has 0 unspecified atom stereocenters. The molecule has 2 aliphatic heterocycles. The lowest BCUT2D eigenvalue weighted by Crippen LogP contribution is -2.56. The van der Waals surface area contributed by atoms with Crippen molar-refractivity contribution in [3.05, 3.63) is 65.6 Å². The van der Waals surface area contributed by atoms with Crippen LogP contribution in [0.5, 0.6) is 0 Å². The van der Waals surface area contributed by atoms with Gasteiger partial charge < -0.3 is 20.5 Å². The number of rotatable bonds is 3. The van der Waals surface area contributed by atoms with Gasteiger partial charge in [0.2, 0.25) is 11.8 Å². The van der Waals surface area contributed by atoms with Gasteiger partial charge in [0.15, 0.2) is 0 Å². The van der Waals surface area contributed by atoms with E-state index in [9.17, 15) is 24.0 Å². The maximum atomic E-state index is 14.1. The zero-order valence-corrected chi connectivity index (χ0v) is 20.2. The fraction of sp³-hybridized carbons (Fsp3) is 0.333. The number of anilines is 1. The Morgan fingerprint density at radius 3 is 2.67 bits per heavy atom. The van der Waals surface area contributed by atoms with Crippen molar-refractivity contribution in [2.75, 3.05) is 11.9 Å². The van der Waals surface area contributed by atoms with Crippen molar-refractivity contribution in [2.24, 2.45) is 5.41 Å². The number of H-pyrrole nitrogens is 1. The van der Waals surface area contributed by atoms with Crippen molar-refractivity contribution >= 4 is 34.3 Å². The van der Waals surface area contributed by atoms with Gasteiger partial charge in [-0.2, -0.15) is 5.26 Å². The zero-order valence-electron chi connectivity index (χ0n) is 20.2. The second kappa shape index (κ2) is 8.19. The van der Waals surface area contributed by atoms with E-state index in [1.807, 2.05) is 39.0 Å². The van der Waals surface area contributed by atoms with Gasteiger partial charge in [0.25, 0.3) is 5.91 Å². The summed E-state index contributed by atoms with van der Waals surface area (Å²) in [5.41, 5.74) is 0.303. The summed E-state index contributed by atoms with van der Waals surface area (Å²) in [4.78, 5) is 44.4. The predicted octanol–water partition coefficient (Wildman–Crippen LogP) is 3.47. The average molecular weight is 488 g/mol. The topological polar surface area (TPSA) is 118 Å². The van der Waals surface area contributed by atoms with Crippen molar-refractivity contribution in [3.63, 3.8) is 0 Å². The minimum Gasteiger partial charge on any atom is -0.350 e. The molecule has 3 N–H and O–H groups in total. The van der Waals surface area contributed by atoms with Crippen LogP contribution in [0.3, 0.4) is 0 Å². The summed E-state index contributed by atoms with van der Waals surface area (Å²) in [6.45, 7) is 5.47. The molecule has 184 valence electrons. The molecule has 36 heavy (non-hydrogen) atoms. The first kappa shape index (κ1) is 23.5. The number of nitrogens with one attached hydrogen (secondary N) is 3. The molecular formula is C27H26FN5O3. The third-order valence-electron chi connectivity index (χ3n) is 7.16. The molecule has 3 aromatic rings. The first-order chi connectivity index (χ1) is 17.0. The van der Waals surface area contributed by atoms with Crippen LogP contribution in [0.15, 0.2) is 48.5 Å². The number of para-hydroxylation sites is 1. The highest BCUT2D eigenvalue weighted by atomic mass is 19.1. The predicted molar refractivity (Wildman–Crippen MR) is 131 cm³/mol. The Morgan fingerprint density at radius 1 is 1.22 bits per heavy atom. The van der Waals surface area contributed by atoms with Crippen LogP contribution in [0.1, 0.15) is 43.2 Å². The summed E-state index contributed by atoms with van der Waals surface area (Å²) >= 11 is 0. The van der Waals surface area contributed by atoms with Crippen LogP contribution in [0, 0.1) is 22.6 Å². The lowest BCUT2D eigenvalue weighted by molar-refractivity contribution is -0.136. The van der Waals surface area contributed by atoms with Crippen LogP contribution in [0.4, 0.5) is 10.1 Å². The third-order valence-corrected chi connectivity index (χ3v) is 7.16. The molecule has 2 aromatic carbocycles. The Kier molecular flexibility index (Phi) is 5.36. The molecule has 0 saturated carbocycles. The summed E-state index contributed by atoms with van der Waals surface area (Å²) in [5.74, 6) is -1.71. The number of aromatic nitrogens is 1. The molecule has 3 atom stereocenters. The number of nitrogens with zero attached hydrogens (tertiary/aromatic N) is 2. The summed E-state index contributed by atoms with van der Waals surface area (Å²) in [6, 6.07) is 13.6. The van der Waals surface area contributed by atoms with E-state index in [0.717, 1.165) is 5.56 Å². The summed E-state index contributed by atoms with van der Waals surface area (Å²) in [7, 11) is 0. The highest BCUT2D eigenvalue weighted by Crippen LogP contribution is 2.46. The number of aromatic amines is 1. The number of nitriles is 1. The molecule has 1 fully saturated rings. The highest BCUT2D eigenvalue weighted by molar-refractivity contribution is 6.07. The van der Waals surface area contributed by atoms with Gasteiger partial charge in [-0.05, 0) is 35.2 Å². The van der Waals surface area contributed by atoms with E-state index in [-0.39, 0.29) is 30.0 Å². The van der Waals surface area contributed by atoms with Gasteiger partial charge in [-0.3, -0.25) is 14.4 Å². The number of likely N-dealkylation sites (tertiary alicyclic amines) is 1. The van der Waals surface area contributed by atoms with Crippen LogP contribution in [-0.2, 0) is 15.0 Å². The van der Waals surface area contributed by atoms with Crippen molar-refractivity contribution in [3.8, 4) is 6.07 Å². The summed E-state index contributed by atoms with van der Waals surface area (Å²) in [5, 5.41) is 15.9. The lowest BCUT2D eigenvalue weighted by Gasteiger charge is -2.34. The Bertz CT molecular complexity index is 1450. The largest absolute Gasteiger partial charge is 0.350 e. The molecule has 0 aliphatic carbocycles. The van der Waals surface area contributed by atoms with Gasteiger partial charge >= 0.3 is 0 Å². The first-order valence-electron chi connectivity index (χ1n) is 11.7. The Balaban J connectivity index is 1.45. The standard InChI is InChI=1S/C27H26FN5O3/c1-26(2,3)22(32-23(34)21-11-16-18(28)8-6-10-19(16)30-21)24(35)33-14-27(12-15(33)13-29)17-7-4-5-9-20(17)31-25(27)36/h4-11,15,22,30H,12,14H2,1-3H3,(H,31,36)(H,32,34)/t15-,22+,27-/m0/s1. The van der Waals surface area contributed by atoms with Gasteiger partial charge in [0.1, 0.15) is 23.6 Å². The number of fused-ring (bicyclic) bond motifs is 3. The highest BCUT2D eigenvalue weighted by Gasteiger charge is 2.57. The van der Waals surface area contributed by atoms with E-state index in [4.69, 9.17) is 0 Å². The number of hydrogen-bond acceptors (Lipinski definition) is 4. The van der Waals surface area contributed by atoms with E-state index in [1.165, 1.54) is 17.0 Å². The molecular weight excluding hydrogens is 461 g/mol. The number of amides is 3. The molecule has 2 aliphatic rings. The number of carbonyl (C=O) groups excluding carboxylic acids is 3. The monoisotopic (exact) mass is 487 g/mol. The Morgan fingerprint density at radius 2 is 1.97 bits per heavy atom. The van der Waals surface area contributed by atoms with E-state index in [1.54, 1.807) is 18.2 Å². The number of halogens is 1. The minimum atomic E-state index is -1.02. The summed E-state index contributed by atoms with van der Waals surface area (Å²) in [6.07, 6.45) is 0.171. The molecule has 1 aromatic heterocycles. The molecule has 8 nitrogen and oxygen atoms in total.